The van der Waals surface area contributed by atoms with E-state index in [1.54, 1.807) is 0 Å². The number of aromatic nitrogens is 1. The lowest BCUT2D eigenvalue weighted by molar-refractivity contribution is 0.528. The third-order valence-corrected chi connectivity index (χ3v) is 3.56. The Kier molecular flexibility index (Phi) is 2.66. The number of hydrogen-bond acceptors (Lipinski definition) is 4. The van der Waals surface area contributed by atoms with Crippen LogP contribution in [0.15, 0.2) is 28.6 Å². The molecule has 0 aliphatic heterocycles. The van der Waals surface area contributed by atoms with Gasteiger partial charge in [0.2, 0.25) is 5.50 Å². The minimum atomic E-state index is -1.53. The Labute approximate surface area is 88.4 Å². The fourth-order valence-electron chi connectivity index (χ4n) is 1.02. The number of rotatable bonds is 2. The van der Waals surface area contributed by atoms with Crippen LogP contribution >= 0.6 is 23.1 Å². The number of halogens is 1. The van der Waals surface area contributed by atoms with Crippen LogP contribution in [0.3, 0.4) is 0 Å². The molecule has 0 unspecified atom stereocenters. The molecule has 2 rings (SSSR count). The first kappa shape index (κ1) is 9.44. The molecule has 14 heavy (non-hydrogen) atoms. The second-order valence-electron chi connectivity index (χ2n) is 2.51. The Morgan fingerprint density at radius 2 is 2.29 bits per heavy atom. The molecule has 2 aromatic rings. The maximum atomic E-state index is 12.7. The highest BCUT2D eigenvalue weighted by molar-refractivity contribution is 8.01. The van der Waals surface area contributed by atoms with Crippen molar-refractivity contribution in [2.45, 2.75) is 9.84 Å². The van der Waals surface area contributed by atoms with Crippen LogP contribution in [-0.4, -0.2) is 10.5 Å². The van der Waals surface area contributed by atoms with Crippen molar-refractivity contribution in [1.82, 2.24) is 4.98 Å². The number of thiazole rings is 1. The van der Waals surface area contributed by atoms with Crippen molar-refractivity contribution < 1.29 is 4.39 Å². The van der Waals surface area contributed by atoms with E-state index in [-0.39, 0.29) is 0 Å². The Bertz CT molecular complexity index is 456. The molecule has 1 aromatic heterocycles. The Morgan fingerprint density at radius 1 is 1.50 bits per heavy atom. The third kappa shape index (κ3) is 1.86. The third-order valence-electron chi connectivity index (χ3n) is 1.58. The van der Waals surface area contributed by atoms with Gasteiger partial charge in [0.05, 0.1) is 10.2 Å². The van der Waals surface area contributed by atoms with E-state index in [0.29, 0.717) is 4.34 Å². The number of nitrogens with zero attached hydrogens (tertiary/aromatic N) is 2. The topological polar surface area (TPSA) is 36.7 Å². The standard InChI is InChI=1S/C9H5FN2S2/c10-8(5-11)14-9-12-6-3-1-2-4-7(6)13-9/h1-4,8H/t8-/m1/s1. The van der Waals surface area contributed by atoms with Crippen molar-refractivity contribution in [3.05, 3.63) is 24.3 Å². The zero-order chi connectivity index (χ0) is 9.97. The molecule has 1 atom stereocenters. The van der Waals surface area contributed by atoms with Gasteiger partial charge in [0.1, 0.15) is 6.07 Å². The van der Waals surface area contributed by atoms with Crippen LogP contribution in [0.25, 0.3) is 10.2 Å². The summed E-state index contributed by atoms with van der Waals surface area (Å²) < 4.78 is 14.3. The van der Waals surface area contributed by atoms with Crippen LogP contribution in [0.5, 0.6) is 0 Å². The van der Waals surface area contributed by atoms with Gasteiger partial charge in [-0.2, -0.15) is 5.26 Å². The molecule has 0 aliphatic rings. The van der Waals surface area contributed by atoms with E-state index >= 15 is 0 Å². The van der Waals surface area contributed by atoms with Gasteiger partial charge in [-0.05, 0) is 23.9 Å². The Morgan fingerprint density at radius 3 is 3.00 bits per heavy atom. The summed E-state index contributed by atoms with van der Waals surface area (Å²) in [4.78, 5) is 4.19. The van der Waals surface area contributed by atoms with Crippen molar-refractivity contribution in [3.63, 3.8) is 0 Å². The molecule has 1 aromatic carbocycles. The van der Waals surface area contributed by atoms with Crippen LogP contribution < -0.4 is 0 Å². The lowest BCUT2D eigenvalue weighted by Crippen LogP contribution is -1.85. The van der Waals surface area contributed by atoms with E-state index in [2.05, 4.69) is 4.98 Å². The molecule has 0 saturated heterocycles. The molecule has 0 fully saturated rings. The van der Waals surface area contributed by atoms with Crippen molar-refractivity contribution in [1.29, 1.82) is 5.26 Å². The van der Waals surface area contributed by atoms with Gasteiger partial charge >= 0.3 is 0 Å². The average Bonchev–Trinajstić information content (AvgIpc) is 2.59. The summed E-state index contributed by atoms with van der Waals surface area (Å²) in [6.07, 6.45) is 0. The van der Waals surface area contributed by atoms with E-state index in [0.717, 1.165) is 22.0 Å². The predicted octanol–water partition coefficient (Wildman–Crippen LogP) is 3.21. The van der Waals surface area contributed by atoms with Crippen LogP contribution in [0.4, 0.5) is 4.39 Å². The highest BCUT2D eigenvalue weighted by Crippen LogP contribution is 2.31. The molecule has 0 bridgehead atoms. The van der Waals surface area contributed by atoms with Gasteiger partial charge < -0.3 is 0 Å². The summed E-state index contributed by atoms with van der Waals surface area (Å²) in [5.74, 6) is 0. The number of thioether (sulfide) groups is 1. The first-order chi connectivity index (χ1) is 6.79. The number of alkyl halides is 1. The second-order valence-corrected chi connectivity index (χ2v) is 4.84. The zero-order valence-corrected chi connectivity index (χ0v) is 8.61. The number of nitriles is 1. The van der Waals surface area contributed by atoms with Crippen molar-refractivity contribution in [2.75, 3.05) is 0 Å². The van der Waals surface area contributed by atoms with Gasteiger partial charge in [0.25, 0.3) is 0 Å². The van der Waals surface area contributed by atoms with Crippen molar-refractivity contribution >= 4 is 33.3 Å². The average molecular weight is 224 g/mol. The van der Waals surface area contributed by atoms with Gasteiger partial charge in [-0.1, -0.05) is 12.1 Å². The highest BCUT2D eigenvalue weighted by atomic mass is 32.2. The summed E-state index contributed by atoms with van der Waals surface area (Å²) in [5, 5.41) is 8.30. The van der Waals surface area contributed by atoms with Crippen molar-refractivity contribution in [3.8, 4) is 6.07 Å². The molecule has 2 nitrogen and oxygen atoms in total. The van der Waals surface area contributed by atoms with Crippen molar-refractivity contribution in [2.24, 2.45) is 0 Å². The van der Waals surface area contributed by atoms with E-state index in [1.807, 2.05) is 24.3 Å². The fourth-order valence-corrected chi connectivity index (χ4v) is 2.81. The van der Waals surface area contributed by atoms with Crippen LogP contribution in [0, 0.1) is 11.3 Å². The molecule has 0 radical (unpaired) electrons. The van der Waals surface area contributed by atoms with E-state index in [9.17, 15) is 4.39 Å². The maximum absolute atomic E-state index is 12.7. The largest absolute Gasteiger partial charge is 0.238 e. The predicted molar refractivity (Wildman–Crippen MR) is 56.0 cm³/mol. The summed E-state index contributed by atoms with van der Waals surface area (Å²) in [6, 6.07) is 9.11. The molecule has 0 saturated carbocycles. The number of benzene rings is 1. The normalized spacial score (nSPS) is 12.6. The molecule has 1 heterocycles. The molecule has 0 spiro atoms. The maximum Gasteiger partial charge on any atom is 0.238 e. The number of fused-ring (bicyclic) bond motifs is 1. The van der Waals surface area contributed by atoms with Crippen LogP contribution in [-0.2, 0) is 0 Å². The van der Waals surface area contributed by atoms with Gasteiger partial charge in [0, 0.05) is 0 Å². The number of para-hydroxylation sites is 1. The van der Waals surface area contributed by atoms with E-state index in [4.69, 9.17) is 5.26 Å². The SMILES string of the molecule is N#C[C@H](F)Sc1nc2ccccc2s1. The van der Waals surface area contributed by atoms with Crippen LogP contribution in [0.1, 0.15) is 0 Å². The lowest BCUT2D eigenvalue weighted by atomic mass is 10.3. The first-order valence-corrected chi connectivity index (χ1v) is 5.55. The molecular weight excluding hydrogens is 219 g/mol. The summed E-state index contributed by atoms with van der Waals surface area (Å²) in [5.41, 5.74) is -0.680. The van der Waals surface area contributed by atoms with Gasteiger partial charge in [-0.25, -0.2) is 9.37 Å². The molecule has 0 aliphatic carbocycles. The van der Waals surface area contributed by atoms with Gasteiger partial charge in [-0.3, -0.25) is 0 Å². The first-order valence-electron chi connectivity index (χ1n) is 3.85. The Hall–Kier alpha value is -1.12. The summed E-state index contributed by atoms with van der Waals surface area (Å²) in [6.45, 7) is 0. The molecule has 0 N–H and O–H groups in total. The minimum absolute atomic E-state index is 0.597. The smallest absolute Gasteiger partial charge is 0.230 e. The molecule has 70 valence electrons. The zero-order valence-electron chi connectivity index (χ0n) is 6.98. The highest BCUT2D eigenvalue weighted by Gasteiger charge is 2.10. The molecular formula is C9H5FN2S2. The quantitative estimate of drug-likeness (QED) is 0.735. The molecule has 0 amide bonds. The summed E-state index contributed by atoms with van der Waals surface area (Å²) >= 11 is 2.25. The summed E-state index contributed by atoms with van der Waals surface area (Å²) in [7, 11) is 0. The van der Waals surface area contributed by atoms with Crippen LogP contribution in [0.2, 0.25) is 0 Å². The van der Waals surface area contributed by atoms with E-state index in [1.165, 1.54) is 17.4 Å². The van der Waals surface area contributed by atoms with Gasteiger partial charge in [-0.15, -0.1) is 11.3 Å². The number of hydrogen-bond donors (Lipinski definition) is 0. The Balaban J connectivity index is 2.32. The van der Waals surface area contributed by atoms with E-state index < -0.39 is 5.50 Å². The minimum Gasteiger partial charge on any atom is -0.230 e. The van der Waals surface area contributed by atoms with Gasteiger partial charge in [0.15, 0.2) is 4.34 Å². The lowest BCUT2D eigenvalue weighted by Gasteiger charge is -1.91. The molecule has 5 heteroatoms. The second kappa shape index (κ2) is 3.95. The monoisotopic (exact) mass is 224 g/mol. The fraction of sp³-hybridized carbons (Fsp3) is 0.111.